The molecule has 4 aliphatic carbocycles. The van der Waals surface area contributed by atoms with Crippen LogP contribution < -0.4 is 19.7 Å². The highest BCUT2D eigenvalue weighted by molar-refractivity contribution is 14.1. The summed E-state index contributed by atoms with van der Waals surface area (Å²) in [5.74, 6) is 1.97. The van der Waals surface area contributed by atoms with Crippen LogP contribution in [-0.2, 0) is 21.6 Å². The first-order chi connectivity index (χ1) is 22.1. The number of ether oxygens (including phenoxy) is 2. The molecule has 4 amide bonds. The largest absolute Gasteiger partial charge is 0.490 e. The molecule has 0 radical (unpaired) electrons. The summed E-state index contributed by atoms with van der Waals surface area (Å²) in [7, 11) is 0. The van der Waals surface area contributed by atoms with Crippen molar-refractivity contribution in [2.75, 3.05) is 11.5 Å². The molecule has 0 unspecified atom stereocenters. The molecule has 7 nitrogen and oxygen atoms in total. The summed E-state index contributed by atoms with van der Waals surface area (Å²) in [6, 6.07) is 15.8. The van der Waals surface area contributed by atoms with Crippen LogP contribution in [0.1, 0.15) is 62.1 Å². The van der Waals surface area contributed by atoms with E-state index in [-0.39, 0.29) is 17.6 Å². The lowest BCUT2D eigenvalue weighted by molar-refractivity contribution is -0.122. The zero-order chi connectivity index (χ0) is 32.2. The van der Waals surface area contributed by atoms with Gasteiger partial charge in [-0.05, 0) is 145 Å². The Balaban J connectivity index is 1.14. The van der Waals surface area contributed by atoms with Gasteiger partial charge in [-0.25, -0.2) is 9.69 Å². The van der Waals surface area contributed by atoms with Crippen molar-refractivity contribution in [2.45, 2.75) is 57.5 Å². The summed E-state index contributed by atoms with van der Waals surface area (Å²) in [6.45, 7) is 2.41. The number of anilines is 1. The van der Waals surface area contributed by atoms with Crippen molar-refractivity contribution in [1.82, 2.24) is 5.32 Å². The maximum absolute atomic E-state index is 13.7. The fourth-order valence-electron chi connectivity index (χ4n) is 8.35. The van der Waals surface area contributed by atoms with Gasteiger partial charge < -0.3 is 9.47 Å². The Kier molecular flexibility index (Phi) is 8.57. The number of halogens is 3. The minimum Gasteiger partial charge on any atom is -0.490 e. The van der Waals surface area contributed by atoms with Gasteiger partial charge in [0.05, 0.1) is 15.9 Å². The van der Waals surface area contributed by atoms with Gasteiger partial charge in [-0.1, -0.05) is 41.4 Å². The number of barbiturate groups is 1. The maximum atomic E-state index is 13.7. The third-order valence-electron chi connectivity index (χ3n) is 9.91. The van der Waals surface area contributed by atoms with Gasteiger partial charge in [0.1, 0.15) is 12.2 Å². The number of urea groups is 1. The van der Waals surface area contributed by atoms with E-state index in [9.17, 15) is 14.4 Å². The molecule has 4 bridgehead atoms. The fourth-order valence-corrected chi connectivity index (χ4v) is 9.59. The second kappa shape index (κ2) is 12.5. The highest BCUT2D eigenvalue weighted by atomic mass is 127. The van der Waals surface area contributed by atoms with Gasteiger partial charge in [0.2, 0.25) is 0 Å². The van der Waals surface area contributed by atoms with Crippen LogP contribution in [0.2, 0.25) is 10.0 Å². The van der Waals surface area contributed by atoms with Gasteiger partial charge in [-0.3, -0.25) is 14.9 Å². The number of amides is 4. The van der Waals surface area contributed by atoms with Crippen LogP contribution in [0.3, 0.4) is 0 Å². The number of rotatable bonds is 8. The van der Waals surface area contributed by atoms with E-state index in [0.29, 0.717) is 43.0 Å². The number of hydrogen-bond acceptors (Lipinski definition) is 5. The average molecular weight is 771 g/mol. The Labute approximate surface area is 291 Å². The van der Waals surface area contributed by atoms with Crippen molar-refractivity contribution >= 4 is 75.4 Å². The van der Waals surface area contributed by atoms with Crippen molar-refractivity contribution in [3.05, 3.63) is 90.5 Å². The lowest BCUT2D eigenvalue weighted by atomic mass is 9.48. The quantitative estimate of drug-likeness (QED) is 0.141. The molecule has 5 fully saturated rings. The summed E-state index contributed by atoms with van der Waals surface area (Å²) < 4.78 is 12.7. The van der Waals surface area contributed by atoms with Crippen LogP contribution in [0.15, 0.2) is 60.2 Å². The number of hydrogen-bond donors (Lipinski definition) is 1. The molecule has 0 spiro atoms. The second-order valence-electron chi connectivity index (χ2n) is 13.0. The van der Waals surface area contributed by atoms with Crippen molar-refractivity contribution in [1.29, 1.82) is 0 Å². The zero-order valence-electron chi connectivity index (χ0n) is 25.3. The molecule has 1 N–H and O–H groups in total. The summed E-state index contributed by atoms with van der Waals surface area (Å²) in [5.41, 5.74) is 3.10. The first kappa shape index (κ1) is 31.5. The van der Waals surface area contributed by atoms with E-state index < -0.39 is 17.8 Å². The van der Waals surface area contributed by atoms with E-state index in [4.69, 9.17) is 32.7 Å². The lowest BCUT2D eigenvalue weighted by Crippen LogP contribution is -2.54. The number of imide groups is 2. The molecule has 0 atom stereocenters. The molecule has 5 aliphatic rings. The van der Waals surface area contributed by atoms with Crippen molar-refractivity contribution in [3.8, 4) is 11.5 Å². The second-order valence-corrected chi connectivity index (χ2v) is 15.0. The first-order valence-corrected chi connectivity index (χ1v) is 17.5. The lowest BCUT2D eigenvalue weighted by Gasteiger charge is -2.57. The maximum Gasteiger partial charge on any atom is 0.335 e. The molecule has 1 saturated heterocycles. The van der Waals surface area contributed by atoms with Gasteiger partial charge in [-0.15, -0.1) is 0 Å². The van der Waals surface area contributed by atoms with Crippen LogP contribution in [-0.4, -0.2) is 24.5 Å². The van der Waals surface area contributed by atoms with E-state index in [1.165, 1.54) is 50.2 Å². The number of nitrogens with one attached hydrogen (secondary N) is 1. The number of carbonyl (C=O) groups excluding carboxylic acids is 3. The van der Waals surface area contributed by atoms with E-state index in [0.717, 1.165) is 28.2 Å². The minimum absolute atomic E-state index is 0.148. The molecular formula is C36H33Cl2IN2O5. The first-order valence-electron chi connectivity index (χ1n) is 15.7. The molecule has 0 aromatic heterocycles. The van der Waals surface area contributed by atoms with Crippen LogP contribution in [0.4, 0.5) is 10.5 Å². The highest BCUT2D eigenvalue weighted by Gasteiger charge is 2.51. The molecule has 10 heteroatoms. The fraction of sp³-hybridized carbons (Fsp3) is 0.361. The molecule has 4 saturated carbocycles. The molecule has 8 rings (SSSR count). The van der Waals surface area contributed by atoms with Crippen molar-refractivity contribution in [3.63, 3.8) is 0 Å². The number of nitrogens with zero attached hydrogens (tertiary/aromatic N) is 1. The third kappa shape index (κ3) is 5.92. The number of carbonyl (C=O) groups is 3. The summed E-state index contributed by atoms with van der Waals surface area (Å²) >= 11 is 14.5. The Morgan fingerprint density at radius 1 is 0.935 bits per heavy atom. The summed E-state index contributed by atoms with van der Waals surface area (Å²) in [6.07, 6.45) is 9.25. The topological polar surface area (TPSA) is 84.9 Å². The van der Waals surface area contributed by atoms with Crippen molar-refractivity contribution < 1.29 is 23.9 Å². The monoisotopic (exact) mass is 770 g/mol. The summed E-state index contributed by atoms with van der Waals surface area (Å²) in [4.78, 5) is 40.7. The van der Waals surface area contributed by atoms with E-state index in [2.05, 4.69) is 40.0 Å². The average Bonchev–Trinajstić information content (AvgIpc) is 2.99. The van der Waals surface area contributed by atoms with Crippen LogP contribution >= 0.6 is 45.8 Å². The normalized spacial score (nSPS) is 26.1. The van der Waals surface area contributed by atoms with Crippen LogP contribution in [0, 0.1) is 21.3 Å². The zero-order valence-corrected chi connectivity index (χ0v) is 29.0. The van der Waals surface area contributed by atoms with Gasteiger partial charge >= 0.3 is 6.03 Å². The van der Waals surface area contributed by atoms with Gasteiger partial charge in [-0.2, -0.15) is 0 Å². The predicted octanol–water partition coefficient (Wildman–Crippen LogP) is 8.71. The van der Waals surface area contributed by atoms with E-state index >= 15 is 0 Å². The van der Waals surface area contributed by atoms with Crippen LogP contribution in [0.25, 0.3) is 6.08 Å². The standard InChI is InChI=1S/C36H33Cl2IN2O5/c1-2-45-31-14-20(13-30(39)32(31)46-19-24-3-6-26(37)15-29(24)38)12-28-33(42)40-35(44)41(34(28)43)27-7-4-25(5-8-27)36-16-21-9-22(17-36)11-23(10-21)18-36/h3-8,12-15,21-23H,2,9-11,16-19H2,1H3,(H,40,42,44)/b28-12+. The molecular weight excluding hydrogens is 738 g/mol. The van der Waals surface area contributed by atoms with Crippen LogP contribution in [0.5, 0.6) is 11.5 Å². The Bertz CT molecular complexity index is 1740. The highest BCUT2D eigenvalue weighted by Crippen LogP contribution is 2.60. The molecule has 46 heavy (non-hydrogen) atoms. The minimum atomic E-state index is -0.760. The Morgan fingerprint density at radius 2 is 1.61 bits per heavy atom. The molecule has 3 aromatic rings. The number of benzene rings is 3. The molecule has 1 aliphatic heterocycles. The van der Waals surface area contributed by atoms with Gasteiger partial charge in [0, 0.05) is 15.6 Å². The van der Waals surface area contributed by atoms with E-state index in [1.807, 2.05) is 19.1 Å². The summed E-state index contributed by atoms with van der Waals surface area (Å²) in [5, 5.41) is 3.37. The Hall–Kier alpha value is -3.08. The smallest absolute Gasteiger partial charge is 0.335 e. The predicted molar refractivity (Wildman–Crippen MR) is 186 cm³/mol. The van der Waals surface area contributed by atoms with Gasteiger partial charge in [0.25, 0.3) is 11.8 Å². The van der Waals surface area contributed by atoms with Gasteiger partial charge in [0.15, 0.2) is 11.5 Å². The SMILES string of the molecule is CCOc1cc(/C=C2\C(=O)NC(=O)N(c3ccc(C45CC6CC(CC(C6)C4)C5)cc3)C2=O)cc(I)c1OCc1ccc(Cl)cc1Cl. The molecule has 238 valence electrons. The third-order valence-corrected chi connectivity index (χ3v) is 11.3. The molecule has 3 aromatic carbocycles. The molecule has 1 heterocycles. The Morgan fingerprint density at radius 3 is 2.24 bits per heavy atom. The van der Waals surface area contributed by atoms with Crippen molar-refractivity contribution in [2.24, 2.45) is 17.8 Å². The van der Waals surface area contributed by atoms with E-state index in [1.54, 1.807) is 30.3 Å².